The minimum atomic E-state index is 0.732. The van der Waals surface area contributed by atoms with Crippen LogP contribution in [0.3, 0.4) is 0 Å². The average molecular weight is 261 g/mol. The molecule has 0 bridgehead atoms. The summed E-state index contributed by atoms with van der Waals surface area (Å²) in [6, 6.07) is 0. The Hall–Kier alpha value is -0.230. The molecule has 6 heteroatoms. The van der Waals surface area contributed by atoms with E-state index in [2.05, 4.69) is 19.8 Å². The lowest BCUT2D eigenvalue weighted by Gasteiger charge is -2.32. The molecule has 0 amide bonds. The van der Waals surface area contributed by atoms with Gasteiger partial charge < -0.3 is 5.32 Å². The van der Waals surface area contributed by atoms with Crippen molar-refractivity contribution < 1.29 is 0 Å². The van der Waals surface area contributed by atoms with Crippen molar-refractivity contribution in [3.8, 4) is 0 Å². The van der Waals surface area contributed by atoms with E-state index in [4.69, 9.17) is 11.6 Å². The fourth-order valence-electron chi connectivity index (χ4n) is 2.25. The zero-order valence-corrected chi connectivity index (χ0v) is 11.0. The molecule has 1 aliphatic heterocycles. The van der Waals surface area contributed by atoms with E-state index in [1.165, 1.54) is 24.4 Å². The van der Waals surface area contributed by atoms with Gasteiger partial charge in [-0.2, -0.15) is 0 Å². The first-order chi connectivity index (χ1) is 7.79. The second kappa shape index (κ2) is 5.91. The molecular formula is C10H17ClN4S. The number of hydrogen-bond donors (Lipinski definition) is 1. The summed E-state index contributed by atoms with van der Waals surface area (Å²) in [6.07, 6.45) is 2.59. The van der Waals surface area contributed by atoms with Crippen LogP contribution in [-0.2, 0) is 6.54 Å². The van der Waals surface area contributed by atoms with E-state index in [1.807, 2.05) is 7.05 Å². The van der Waals surface area contributed by atoms with Gasteiger partial charge in [0, 0.05) is 24.6 Å². The van der Waals surface area contributed by atoms with Crippen LogP contribution in [0.1, 0.15) is 18.5 Å². The van der Waals surface area contributed by atoms with Gasteiger partial charge in [0.15, 0.2) is 0 Å². The molecule has 1 aromatic rings. The average Bonchev–Trinajstić information content (AvgIpc) is 2.66. The van der Waals surface area contributed by atoms with E-state index >= 15 is 0 Å². The van der Waals surface area contributed by atoms with Gasteiger partial charge in [-0.1, -0.05) is 16.1 Å². The molecule has 0 radical (unpaired) electrons. The number of rotatable bonds is 4. The van der Waals surface area contributed by atoms with Crippen molar-refractivity contribution in [3.05, 3.63) is 10.0 Å². The Bertz CT molecular complexity index is 328. The van der Waals surface area contributed by atoms with Crippen LogP contribution in [0.15, 0.2) is 0 Å². The highest BCUT2D eigenvalue weighted by Crippen LogP contribution is 2.22. The topological polar surface area (TPSA) is 41.0 Å². The Labute approximate surface area is 105 Å². The van der Waals surface area contributed by atoms with Gasteiger partial charge in [-0.15, -0.1) is 5.10 Å². The van der Waals surface area contributed by atoms with Crippen LogP contribution in [0.4, 0.5) is 0 Å². The minimum absolute atomic E-state index is 0.732. The second-order valence-corrected chi connectivity index (χ2v) is 5.65. The van der Waals surface area contributed by atoms with Crippen molar-refractivity contribution in [2.24, 2.45) is 5.92 Å². The van der Waals surface area contributed by atoms with Gasteiger partial charge in [0.2, 0.25) is 0 Å². The summed E-state index contributed by atoms with van der Waals surface area (Å²) < 4.78 is 4.60. The number of likely N-dealkylation sites (tertiary alicyclic amines) is 1. The highest BCUT2D eigenvalue weighted by molar-refractivity contribution is 7.10. The molecule has 1 N–H and O–H groups in total. The maximum absolute atomic E-state index is 6.01. The van der Waals surface area contributed by atoms with Crippen molar-refractivity contribution in [2.75, 3.05) is 26.7 Å². The lowest BCUT2D eigenvalue weighted by molar-refractivity contribution is 0.165. The standard InChI is InChI=1S/C10H17ClN4S/c1-12-5-8-3-2-4-15(6-8)7-9-10(11)16-14-13-9/h8,12H,2-7H2,1H3. The van der Waals surface area contributed by atoms with Crippen LogP contribution in [0.25, 0.3) is 0 Å². The van der Waals surface area contributed by atoms with E-state index in [0.29, 0.717) is 0 Å². The van der Waals surface area contributed by atoms with Crippen LogP contribution in [0, 0.1) is 5.92 Å². The SMILES string of the molecule is CNCC1CCCN(Cc2nnsc2Cl)C1. The van der Waals surface area contributed by atoms with Crippen molar-refractivity contribution in [1.29, 1.82) is 0 Å². The summed E-state index contributed by atoms with van der Waals surface area (Å²) in [5, 5.41) is 7.31. The number of aromatic nitrogens is 2. The van der Waals surface area contributed by atoms with Crippen molar-refractivity contribution in [2.45, 2.75) is 19.4 Å². The highest BCUT2D eigenvalue weighted by Gasteiger charge is 2.20. The van der Waals surface area contributed by atoms with Gasteiger partial charge in [-0.25, -0.2) is 0 Å². The van der Waals surface area contributed by atoms with Crippen molar-refractivity contribution in [1.82, 2.24) is 19.8 Å². The maximum atomic E-state index is 6.01. The first-order valence-electron chi connectivity index (χ1n) is 5.63. The van der Waals surface area contributed by atoms with Gasteiger partial charge in [0.05, 0.1) is 0 Å². The molecule has 1 aliphatic rings. The third-order valence-corrected chi connectivity index (χ3v) is 3.96. The van der Waals surface area contributed by atoms with Crippen LogP contribution >= 0.6 is 23.1 Å². The number of halogens is 1. The molecule has 1 atom stereocenters. The molecule has 1 fully saturated rings. The predicted octanol–water partition coefficient (Wildman–Crippen LogP) is 1.62. The van der Waals surface area contributed by atoms with Crippen molar-refractivity contribution in [3.63, 3.8) is 0 Å². The predicted molar refractivity (Wildman–Crippen MR) is 66.8 cm³/mol. The molecular weight excluding hydrogens is 244 g/mol. The van der Waals surface area contributed by atoms with E-state index in [-0.39, 0.29) is 0 Å². The lowest BCUT2D eigenvalue weighted by Crippen LogP contribution is -2.38. The van der Waals surface area contributed by atoms with Crippen LogP contribution in [0.2, 0.25) is 4.34 Å². The Morgan fingerprint density at radius 2 is 2.50 bits per heavy atom. The molecule has 0 spiro atoms. The molecule has 2 heterocycles. The first-order valence-corrected chi connectivity index (χ1v) is 6.78. The maximum Gasteiger partial charge on any atom is 0.138 e. The zero-order valence-electron chi connectivity index (χ0n) is 9.45. The first kappa shape index (κ1) is 12.2. The van der Waals surface area contributed by atoms with E-state index in [9.17, 15) is 0 Å². The summed E-state index contributed by atoms with van der Waals surface area (Å²) in [4.78, 5) is 2.42. The monoisotopic (exact) mass is 260 g/mol. The molecule has 0 aliphatic carbocycles. The van der Waals surface area contributed by atoms with E-state index in [1.54, 1.807) is 0 Å². The fraction of sp³-hybridized carbons (Fsp3) is 0.800. The third-order valence-electron chi connectivity index (χ3n) is 2.98. The molecule has 0 aromatic carbocycles. The lowest BCUT2D eigenvalue weighted by atomic mass is 9.98. The fourth-order valence-corrected chi connectivity index (χ4v) is 2.87. The number of nitrogens with one attached hydrogen (secondary N) is 1. The van der Waals surface area contributed by atoms with Gasteiger partial charge in [0.1, 0.15) is 10.0 Å². The third kappa shape index (κ3) is 3.13. The normalized spacial score (nSPS) is 22.5. The summed E-state index contributed by atoms with van der Waals surface area (Å²) in [6.45, 7) is 4.22. The molecule has 90 valence electrons. The molecule has 1 aromatic heterocycles. The summed E-state index contributed by atoms with van der Waals surface area (Å²) in [5.41, 5.74) is 0.928. The zero-order chi connectivity index (χ0) is 11.4. The van der Waals surface area contributed by atoms with E-state index < -0.39 is 0 Å². The van der Waals surface area contributed by atoms with Gasteiger partial charge >= 0.3 is 0 Å². The van der Waals surface area contributed by atoms with Crippen LogP contribution < -0.4 is 5.32 Å². The van der Waals surface area contributed by atoms with Crippen molar-refractivity contribution >= 4 is 23.1 Å². The largest absolute Gasteiger partial charge is 0.319 e. The quantitative estimate of drug-likeness (QED) is 0.893. The summed E-state index contributed by atoms with van der Waals surface area (Å²) in [5.74, 6) is 0.754. The number of nitrogens with zero attached hydrogens (tertiary/aromatic N) is 3. The number of hydrogen-bond acceptors (Lipinski definition) is 5. The number of piperidine rings is 1. The Kier molecular flexibility index (Phi) is 4.52. The second-order valence-electron chi connectivity index (χ2n) is 4.29. The summed E-state index contributed by atoms with van der Waals surface area (Å²) in [7, 11) is 2.01. The minimum Gasteiger partial charge on any atom is -0.319 e. The highest BCUT2D eigenvalue weighted by atomic mass is 35.5. The Morgan fingerprint density at radius 1 is 1.62 bits per heavy atom. The molecule has 0 saturated carbocycles. The van der Waals surface area contributed by atoms with E-state index in [0.717, 1.165) is 42.1 Å². The van der Waals surface area contributed by atoms with Crippen LogP contribution in [-0.4, -0.2) is 41.2 Å². The molecule has 2 rings (SSSR count). The van der Waals surface area contributed by atoms with Gasteiger partial charge in [-0.3, -0.25) is 4.90 Å². The summed E-state index contributed by atoms with van der Waals surface area (Å²) >= 11 is 7.28. The molecule has 16 heavy (non-hydrogen) atoms. The molecule has 4 nitrogen and oxygen atoms in total. The molecule has 1 unspecified atom stereocenters. The van der Waals surface area contributed by atoms with Gasteiger partial charge in [-0.05, 0) is 38.9 Å². The molecule has 1 saturated heterocycles. The van der Waals surface area contributed by atoms with Crippen LogP contribution in [0.5, 0.6) is 0 Å². The Morgan fingerprint density at radius 3 is 3.19 bits per heavy atom. The Balaban J connectivity index is 1.88. The van der Waals surface area contributed by atoms with Gasteiger partial charge in [0.25, 0.3) is 0 Å². The smallest absolute Gasteiger partial charge is 0.138 e.